The SMILES string of the molecule is C[C@@H]1[C@@H]([Si](C)(C)F)[C@H](CCn2cc(C(CO)c3ccccc3)nn2)O[C@@]12C(=O)N(Cc1ccc(-n3ncc4ccccc4c3=O)cc1)c1ccc(Cl)cc12. The van der Waals surface area contributed by atoms with Crippen molar-refractivity contribution in [2.24, 2.45) is 5.92 Å². The smallest absolute Gasteiger partial charge is 0.279 e. The topological polar surface area (TPSA) is 115 Å². The Morgan fingerprint density at radius 2 is 1.74 bits per heavy atom. The summed E-state index contributed by atoms with van der Waals surface area (Å²) in [6.45, 7) is 5.77. The van der Waals surface area contributed by atoms with Crippen LogP contribution in [-0.2, 0) is 28.2 Å². The molecule has 54 heavy (non-hydrogen) atoms. The van der Waals surface area contributed by atoms with E-state index in [4.69, 9.17) is 16.3 Å². The zero-order valence-corrected chi connectivity index (χ0v) is 31.9. The lowest BCUT2D eigenvalue weighted by molar-refractivity contribution is -0.146. The molecule has 276 valence electrons. The maximum atomic E-state index is 16.4. The average Bonchev–Trinajstić information content (AvgIpc) is 3.82. The highest BCUT2D eigenvalue weighted by Crippen LogP contribution is 2.60. The third-order valence-corrected chi connectivity index (χ3v) is 13.8. The van der Waals surface area contributed by atoms with E-state index in [2.05, 4.69) is 15.4 Å². The number of aliphatic hydroxyl groups excluding tert-OH is 1. The Kier molecular flexibility index (Phi) is 9.33. The lowest BCUT2D eigenvalue weighted by Gasteiger charge is -2.31. The molecule has 8 rings (SSSR count). The van der Waals surface area contributed by atoms with Gasteiger partial charge in [-0.15, -0.1) is 5.10 Å². The van der Waals surface area contributed by atoms with E-state index in [-0.39, 0.29) is 30.5 Å². The van der Waals surface area contributed by atoms with Gasteiger partial charge in [-0.1, -0.05) is 84.4 Å². The fourth-order valence-electron chi connectivity index (χ4n) is 8.54. The molecule has 13 heteroatoms. The Labute approximate surface area is 318 Å². The summed E-state index contributed by atoms with van der Waals surface area (Å²) >= 11 is 6.58. The Morgan fingerprint density at radius 3 is 2.48 bits per heavy atom. The highest BCUT2D eigenvalue weighted by molar-refractivity contribution is 6.72. The summed E-state index contributed by atoms with van der Waals surface area (Å²) in [4.78, 5) is 29.8. The van der Waals surface area contributed by atoms with E-state index in [1.54, 1.807) is 47.1 Å². The third kappa shape index (κ3) is 6.16. The van der Waals surface area contributed by atoms with Crippen LogP contribution in [0.4, 0.5) is 9.80 Å². The van der Waals surface area contributed by atoms with Gasteiger partial charge in [0, 0.05) is 40.2 Å². The minimum absolute atomic E-state index is 0.120. The van der Waals surface area contributed by atoms with Gasteiger partial charge in [-0.25, -0.2) is 0 Å². The molecule has 10 nitrogen and oxygen atoms in total. The molecular weight excluding hydrogens is 723 g/mol. The van der Waals surface area contributed by atoms with E-state index in [9.17, 15) is 14.7 Å². The molecule has 0 saturated carbocycles. The Bertz CT molecular complexity index is 2400. The highest BCUT2D eigenvalue weighted by atomic mass is 35.5. The first-order chi connectivity index (χ1) is 26.0. The molecule has 1 spiro atoms. The lowest BCUT2D eigenvalue weighted by atomic mass is 9.82. The number of amides is 1. The van der Waals surface area contributed by atoms with Crippen LogP contribution >= 0.6 is 11.6 Å². The molecule has 0 aliphatic carbocycles. The predicted molar refractivity (Wildman–Crippen MR) is 208 cm³/mol. The molecule has 4 heterocycles. The van der Waals surface area contributed by atoms with Gasteiger partial charge in [-0.2, -0.15) is 9.78 Å². The number of carbonyl (C=O) groups is 1. The monoisotopic (exact) mass is 762 g/mol. The maximum absolute atomic E-state index is 16.4. The number of ether oxygens (including phenoxy) is 1. The van der Waals surface area contributed by atoms with Gasteiger partial charge in [0.2, 0.25) is 8.41 Å². The van der Waals surface area contributed by atoms with Crippen LogP contribution < -0.4 is 10.5 Å². The first-order valence-electron chi connectivity index (χ1n) is 18.1. The number of halogens is 2. The Morgan fingerprint density at radius 1 is 1.00 bits per heavy atom. The van der Waals surface area contributed by atoms with E-state index in [1.165, 1.54) is 4.68 Å². The number of aryl methyl sites for hydroxylation is 1. The zero-order valence-electron chi connectivity index (χ0n) is 30.1. The van der Waals surface area contributed by atoms with Crippen molar-refractivity contribution in [2.75, 3.05) is 11.5 Å². The van der Waals surface area contributed by atoms with Crippen LogP contribution in [0.1, 0.15) is 41.6 Å². The lowest BCUT2D eigenvalue weighted by Crippen LogP contribution is -2.45. The van der Waals surface area contributed by atoms with Gasteiger partial charge < -0.3 is 18.9 Å². The molecule has 1 fully saturated rings. The number of rotatable bonds is 10. The summed E-state index contributed by atoms with van der Waals surface area (Å²) < 4.78 is 26.4. The fourth-order valence-corrected chi connectivity index (χ4v) is 11.3. The van der Waals surface area contributed by atoms with E-state index in [1.807, 2.05) is 92.0 Å². The number of aliphatic hydroxyl groups is 1. The van der Waals surface area contributed by atoms with E-state index in [0.29, 0.717) is 46.0 Å². The van der Waals surface area contributed by atoms with Gasteiger partial charge in [0.25, 0.3) is 11.5 Å². The molecule has 0 radical (unpaired) electrons. The number of fused-ring (bicyclic) bond motifs is 3. The number of carbonyl (C=O) groups excluding carboxylic acids is 1. The molecule has 2 aromatic heterocycles. The largest absolute Gasteiger partial charge is 0.395 e. The van der Waals surface area contributed by atoms with Crippen LogP contribution in [0.15, 0.2) is 114 Å². The normalized spacial score (nSPS) is 21.6. The zero-order chi connectivity index (χ0) is 37.8. The summed E-state index contributed by atoms with van der Waals surface area (Å²) in [6, 6.07) is 29.7. The van der Waals surface area contributed by atoms with Crippen LogP contribution in [0.5, 0.6) is 0 Å². The van der Waals surface area contributed by atoms with Gasteiger partial charge in [-0.3, -0.25) is 14.3 Å². The maximum Gasteiger partial charge on any atom is 0.279 e. The van der Waals surface area contributed by atoms with Crippen molar-refractivity contribution in [1.82, 2.24) is 24.8 Å². The van der Waals surface area contributed by atoms with Crippen LogP contribution in [0.25, 0.3) is 16.5 Å². The van der Waals surface area contributed by atoms with Crippen LogP contribution in [-0.4, -0.2) is 56.9 Å². The van der Waals surface area contributed by atoms with Gasteiger partial charge >= 0.3 is 0 Å². The van der Waals surface area contributed by atoms with E-state index < -0.39 is 31.6 Å². The summed E-state index contributed by atoms with van der Waals surface area (Å²) in [5.41, 5.74) is 2.15. The molecule has 1 unspecified atom stereocenters. The van der Waals surface area contributed by atoms with E-state index in [0.717, 1.165) is 16.5 Å². The summed E-state index contributed by atoms with van der Waals surface area (Å²) in [7, 11) is -3.41. The summed E-state index contributed by atoms with van der Waals surface area (Å²) in [5.74, 6) is -1.07. The molecule has 2 aliphatic heterocycles. The second kappa shape index (κ2) is 14.0. The van der Waals surface area contributed by atoms with Crippen LogP contribution in [0.3, 0.4) is 0 Å². The van der Waals surface area contributed by atoms with Crippen molar-refractivity contribution in [3.8, 4) is 5.69 Å². The van der Waals surface area contributed by atoms with Crippen molar-refractivity contribution in [1.29, 1.82) is 0 Å². The van der Waals surface area contributed by atoms with Crippen molar-refractivity contribution < 1.29 is 18.7 Å². The summed E-state index contributed by atoms with van der Waals surface area (Å²) in [6.07, 6.45) is 3.30. The summed E-state index contributed by atoms with van der Waals surface area (Å²) in [5, 5.41) is 25.0. The predicted octanol–water partition coefficient (Wildman–Crippen LogP) is 7.17. The second-order valence-electron chi connectivity index (χ2n) is 14.8. The Hall–Kier alpha value is -5.01. The van der Waals surface area contributed by atoms with Crippen LogP contribution in [0, 0.1) is 5.92 Å². The highest BCUT2D eigenvalue weighted by Gasteiger charge is 2.66. The molecule has 4 aromatic carbocycles. The molecule has 0 bridgehead atoms. The average molecular weight is 763 g/mol. The quantitative estimate of drug-likeness (QED) is 0.116. The number of hydrogen-bond donors (Lipinski definition) is 1. The first kappa shape index (κ1) is 36.0. The first-order valence-corrected chi connectivity index (χ1v) is 21.4. The molecule has 6 aromatic rings. The second-order valence-corrected chi connectivity index (χ2v) is 19.0. The fraction of sp³-hybridized carbons (Fsp3) is 0.293. The van der Waals surface area contributed by atoms with Crippen LogP contribution in [0.2, 0.25) is 23.7 Å². The number of aromatic nitrogens is 5. The van der Waals surface area contributed by atoms with Crippen molar-refractivity contribution in [3.05, 3.63) is 147 Å². The number of nitrogens with zero attached hydrogens (tertiary/aromatic N) is 6. The van der Waals surface area contributed by atoms with Crippen molar-refractivity contribution >= 4 is 42.4 Å². The van der Waals surface area contributed by atoms with Gasteiger partial charge in [-0.05, 0) is 67.0 Å². The van der Waals surface area contributed by atoms with E-state index >= 15 is 4.11 Å². The standard InChI is InChI=1S/C41H40ClFN6O4Si/c1-26-38(54(2,3)43)37(19-20-47-24-35(45-46-47)33(25-50)28-9-5-4-6-10-28)53-41(26)34-21-30(42)15-18-36(34)48(40(41)52)23-27-13-16-31(17-14-27)49-39(51)32-12-8-7-11-29(32)22-44-49/h4-18,21-22,24,26,33,37-38,50H,19-20,23,25H2,1-3H3/t26-,33?,37+,38-,41+/m1/s1. The molecule has 1 saturated heterocycles. The van der Waals surface area contributed by atoms with Gasteiger partial charge in [0.1, 0.15) is 0 Å². The molecule has 1 N–H and O–H groups in total. The van der Waals surface area contributed by atoms with Gasteiger partial charge in [0.15, 0.2) is 5.60 Å². The number of benzene rings is 4. The number of anilines is 1. The van der Waals surface area contributed by atoms with Gasteiger partial charge in [0.05, 0.1) is 53.8 Å². The minimum Gasteiger partial charge on any atom is -0.395 e. The molecular formula is C41H40ClFN6O4Si. The number of hydrogen-bond acceptors (Lipinski definition) is 7. The van der Waals surface area contributed by atoms with Crippen molar-refractivity contribution in [3.63, 3.8) is 0 Å². The molecule has 2 aliphatic rings. The molecule has 1 amide bonds. The van der Waals surface area contributed by atoms with Crippen molar-refractivity contribution in [2.45, 2.75) is 62.7 Å². The molecule has 5 atom stereocenters. The Balaban J connectivity index is 1.07. The minimum atomic E-state index is -3.41. The third-order valence-electron chi connectivity index (χ3n) is 11.1.